The van der Waals surface area contributed by atoms with Crippen LogP contribution in [-0.4, -0.2) is 33.5 Å². The lowest BCUT2D eigenvalue weighted by atomic mass is 10.2. The van der Waals surface area contributed by atoms with Gasteiger partial charge < -0.3 is 14.1 Å². The van der Waals surface area contributed by atoms with Crippen LogP contribution in [0.25, 0.3) is 22.4 Å². The van der Waals surface area contributed by atoms with E-state index in [1.54, 1.807) is 0 Å². The molecule has 3 aromatic rings. The van der Waals surface area contributed by atoms with Gasteiger partial charge in [-0.05, 0) is 12.5 Å². The molecule has 0 aliphatic heterocycles. The minimum atomic E-state index is -0.198. The number of aromatic nitrogens is 3. The smallest absolute Gasteiger partial charge is 0.306 e. The molecule has 6 nitrogen and oxygen atoms in total. The van der Waals surface area contributed by atoms with Crippen molar-refractivity contribution in [3.8, 4) is 11.5 Å². The van der Waals surface area contributed by atoms with E-state index in [1.807, 2.05) is 37.4 Å². The number of hydrogen-bond acceptors (Lipinski definition) is 6. The number of hydrogen-bond donors (Lipinski definition) is 1. The Hall–Kier alpha value is -2.28. The van der Waals surface area contributed by atoms with Crippen molar-refractivity contribution in [2.75, 3.05) is 12.4 Å². The van der Waals surface area contributed by atoms with E-state index in [0.717, 1.165) is 22.9 Å². The van der Waals surface area contributed by atoms with Gasteiger partial charge in [-0.25, -0.2) is 0 Å². The van der Waals surface area contributed by atoms with E-state index < -0.39 is 0 Å². The first-order valence-corrected chi connectivity index (χ1v) is 8.45. The van der Waals surface area contributed by atoms with Crippen LogP contribution >= 0.6 is 11.8 Å². The fourth-order valence-corrected chi connectivity index (χ4v) is 2.81. The maximum Gasteiger partial charge on any atom is 0.306 e. The molecular weight excluding hydrogens is 314 g/mol. The Kier molecular flexibility index (Phi) is 4.97. The third-order valence-electron chi connectivity index (χ3n) is 3.23. The van der Waals surface area contributed by atoms with Crippen molar-refractivity contribution in [1.29, 1.82) is 0 Å². The van der Waals surface area contributed by atoms with E-state index in [9.17, 15) is 4.79 Å². The molecule has 2 aromatic heterocycles. The van der Waals surface area contributed by atoms with Crippen LogP contribution in [0.1, 0.15) is 19.8 Å². The summed E-state index contributed by atoms with van der Waals surface area (Å²) in [6.45, 7) is 2.43. The van der Waals surface area contributed by atoms with E-state index in [4.69, 9.17) is 9.15 Å². The lowest BCUT2D eigenvalue weighted by Crippen LogP contribution is -2.05. The first kappa shape index (κ1) is 15.6. The number of carbonyl (C=O) groups excluding carboxylic acids is 1. The van der Waals surface area contributed by atoms with Crippen LogP contribution in [0.4, 0.5) is 0 Å². The summed E-state index contributed by atoms with van der Waals surface area (Å²) in [5, 5.41) is 9.59. The average molecular weight is 331 g/mol. The highest BCUT2D eigenvalue weighted by molar-refractivity contribution is 7.99. The first-order valence-electron chi connectivity index (χ1n) is 7.46. The quantitative estimate of drug-likeness (QED) is 0.526. The summed E-state index contributed by atoms with van der Waals surface area (Å²) >= 11 is 1.35. The van der Waals surface area contributed by atoms with E-state index in [0.29, 0.717) is 29.9 Å². The second-order valence-electron chi connectivity index (χ2n) is 4.94. The zero-order chi connectivity index (χ0) is 16.1. The highest BCUT2D eigenvalue weighted by atomic mass is 32.2. The third kappa shape index (κ3) is 3.73. The van der Waals surface area contributed by atoms with Crippen molar-refractivity contribution in [2.24, 2.45) is 0 Å². The highest BCUT2D eigenvalue weighted by Crippen LogP contribution is 2.29. The van der Waals surface area contributed by atoms with Crippen molar-refractivity contribution >= 4 is 28.6 Å². The van der Waals surface area contributed by atoms with Crippen LogP contribution < -0.4 is 0 Å². The van der Waals surface area contributed by atoms with Gasteiger partial charge in [-0.2, -0.15) is 0 Å². The lowest BCUT2D eigenvalue weighted by molar-refractivity contribution is -0.143. The molecule has 0 saturated carbocycles. The zero-order valence-electron chi connectivity index (χ0n) is 12.7. The molecule has 0 spiro atoms. The van der Waals surface area contributed by atoms with Gasteiger partial charge in [-0.3, -0.25) is 4.79 Å². The third-order valence-corrected chi connectivity index (χ3v) is 4.05. The number of ether oxygens (including phenoxy) is 1. The van der Waals surface area contributed by atoms with Gasteiger partial charge in [0.2, 0.25) is 0 Å². The van der Waals surface area contributed by atoms with Crippen LogP contribution in [0.2, 0.25) is 0 Å². The largest absolute Gasteiger partial charge is 0.466 e. The Balaban J connectivity index is 1.61. The topological polar surface area (TPSA) is 81.0 Å². The molecule has 7 heteroatoms. The Bertz CT molecular complexity index is 797. The molecule has 0 atom stereocenters. The molecule has 0 amide bonds. The number of nitrogens with one attached hydrogen (secondary N) is 1. The number of para-hydroxylation sites is 1. The van der Waals surface area contributed by atoms with Crippen LogP contribution in [0.15, 0.2) is 40.1 Å². The van der Waals surface area contributed by atoms with Gasteiger partial charge in [0.15, 0.2) is 0 Å². The summed E-state index contributed by atoms with van der Waals surface area (Å²) in [5.74, 6) is 0.826. The molecule has 23 heavy (non-hydrogen) atoms. The van der Waals surface area contributed by atoms with Crippen molar-refractivity contribution < 1.29 is 13.9 Å². The molecule has 0 fully saturated rings. The average Bonchev–Trinajstić information content (AvgIpc) is 3.19. The molecule has 120 valence electrons. The number of esters is 1. The van der Waals surface area contributed by atoms with E-state index in [-0.39, 0.29) is 5.97 Å². The number of benzene rings is 1. The highest BCUT2D eigenvalue weighted by Gasteiger charge is 2.13. The van der Waals surface area contributed by atoms with Gasteiger partial charge in [0.05, 0.1) is 18.6 Å². The summed E-state index contributed by atoms with van der Waals surface area (Å²) in [6, 6.07) is 7.93. The summed E-state index contributed by atoms with van der Waals surface area (Å²) < 4.78 is 10.7. The summed E-state index contributed by atoms with van der Waals surface area (Å²) in [6.07, 6.45) is 3.01. The number of nitrogens with zero attached hydrogens (tertiary/aromatic N) is 2. The van der Waals surface area contributed by atoms with Crippen molar-refractivity contribution in [2.45, 2.75) is 25.0 Å². The van der Waals surface area contributed by atoms with E-state index in [2.05, 4.69) is 15.2 Å². The van der Waals surface area contributed by atoms with Gasteiger partial charge in [0, 0.05) is 22.9 Å². The number of rotatable bonds is 7. The number of fused-ring (bicyclic) bond motifs is 1. The van der Waals surface area contributed by atoms with Gasteiger partial charge in [-0.1, -0.05) is 36.9 Å². The van der Waals surface area contributed by atoms with Crippen LogP contribution in [0.3, 0.4) is 0 Å². The molecule has 0 bridgehead atoms. The molecule has 0 saturated heterocycles. The van der Waals surface area contributed by atoms with Crippen LogP contribution in [-0.2, 0) is 9.53 Å². The minimum Gasteiger partial charge on any atom is -0.466 e. The SMILES string of the molecule is CCCOC(=O)CCSc1nnc(-c2c[nH]c3ccccc23)o1. The second kappa shape index (κ2) is 7.32. The standard InChI is InChI=1S/C16H17N3O3S/c1-2-8-21-14(20)7-9-23-16-19-18-15(22-16)12-10-17-13-6-4-3-5-11(12)13/h3-6,10,17H,2,7-9H2,1H3. The predicted molar refractivity (Wildman–Crippen MR) is 88.2 cm³/mol. The van der Waals surface area contributed by atoms with E-state index in [1.165, 1.54) is 11.8 Å². The lowest BCUT2D eigenvalue weighted by Gasteiger charge is -2.00. The van der Waals surface area contributed by atoms with Crippen LogP contribution in [0, 0.1) is 0 Å². The first-order chi connectivity index (χ1) is 11.3. The molecule has 2 heterocycles. The molecular formula is C16H17N3O3S. The monoisotopic (exact) mass is 331 g/mol. The zero-order valence-corrected chi connectivity index (χ0v) is 13.6. The number of H-pyrrole nitrogens is 1. The van der Waals surface area contributed by atoms with Crippen molar-refractivity contribution in [3.63, 3.8) is 0 Å². The molecule has 0 unspecified atom stereocenters. The normalized spacial score (nSPS) is 11.0. The van der Waals surface area contributed by atoms with Gasteiger partial charge in [0.1, 0.15) is 0 Å². The molecule has 1 N–H and O–H groups in total. The number of thioether (sulfide) groups is 1. The molecule has 0 aliphatic rings. The predicted octanol–water partition coefficient (Wildman–Crippen LogP) is 3.65. The van der Waals surface area contributed by atoms with Crippen LogP contribution in [0.5, 0.6) is 0 Å². The number of carbonyl (C=O) groups is 1. The summed E-state index contributed by atoms with van der Waals surface area (Å²) in [4.78, 5) is 14.6. The molecule has 0 radical (unpaired) electrons. The van der Waals surface area contributed by atoms with Gasteiger partial charge in [0.25, 0.3) is 11.1 Å². The fourth-order valence-electron chi connectivity index (χ4n) is 2.14. The molecule has 1 aromatic carbocycles. The Labute approximate surface area is 137 Å². The fraction of sp³-hybridized carbons (Fsp3) is 0.312. The van der Waals surface area contributed by atoms with Crippen molar-refractivity contribution in [1.82, 2.24) is 15.2 Å². The second-order valence-corrected chi connectivity index (χ2v) is 5.99. The van der Waals surface area contributed by atoms with Gasteiger partial charge in [-0.15, -0.1) is 10.2 Å². The van der Waals surface area contributed by atoms with E-state index >= 15 is 0 Å². The molecule has 3 rings (SSSR count). The Morgan fingerprint density at radius 1 is 1.35 bits per heavy atom. The Morgan fingerprint density at radius 3 is 3.09 bits per heavy atom. The summed E-state index contributed by atoms with van der Waals surface area (Å²) in [7, 11) is 0. The minimum absolute atomic E-state index is 0.198. The van der Waals surface area contributed by atoms with Gasteiger partial charge >= 0.3 is 5.97 Å². The van der Waals surface area contributed by atoms with Crippen molar-refractivity contribution in [3.05, 3.63) is 30.5 Å². The maximum absolute atomic E-state index is 11.4. The summed E-state index contributed by atoms with van der Waals surface area (Å²) in [5.41, 5.74) is 1.90. The Morgan fingerprint density at radius 2 is 2.22 bits per heavy atom. The maximum atomic E-state index is 11.4. The number of aromatic amines is 1. The molecule has 0 aliphatic carbocycles.